The van der Waals surface area contributed by atoms with Crippen molar-refractivity contribution in [2.45, 2.75) is 13.5 Å². The minimum atomic E-state index is -0.414. The molecule has 0 unspecified atom stereocenters. The molecule has 0 amide bonds. The Morgan fingerprint density at radius 2 is 2.22 bits per heavy atom. The Hall–Kier alpha value is -1.66. The number of non-ortho nitro benzene ring substituents is 1. The molecule has 0 aliphatic heterocycles. The molecule has 0 saturated heterocycles. The number of carbonyl (C=O) groups is 1. The highest BCUT2D eigenvalue weighted by molar-refractivity contribution is 5.65. The molecule has 100 valence electrons. The van der Waals surface area contributed by atoms with Crippen molar-refractivity contribution >= 4 is 11.7 Å². The van der Waals surface area contributed by atoms with Crippen molar-refractivity contribution in [3.05, 3.63) is 39.9 Å². The lowest BCUT2D eigenvalue weighted by molar-refractivity contribution is -0.671. The number of nitrogens with zero attached hydrogens (tertiary/aromatic N) is 1. The summed E-state index contributed by atoms with van der Waals surface area (Å²) < 4.78 is 4.76. The molecule has 2 N–H and O–H groups in total. The maximum atomic E-state index is 10.5. The average Bonchev–Trinajstić information content (AvgIpc) is 2.28. The largest absolute Gasteiger partial charge is 1.00 e. The van der Waals surface area contributed by atoms with Crippen LogP contribution in [0.5, 0.6) is 0 Å². The van der Waals surface area contributed by atoms with E-state index in [4.69, 9.17) is 4.74 Å². The van der Waals surface area contributed by atoms with E-state index in [2.05, 4.69) is 0 Å². The molecule has 6 nitrogen and oxygen atoms in total. The molecule has 0 heterocycles. The number of halogens is 1. The molecule has 0 aromatic heterocycles. The fourth-order valence-corrected chi connectivity index (χ4v) is 1.35. The topological polar surface area (TPSA) is 86.0 Å². The molecule has 0 saturated carbocycles. The summed E-state index contributed by atoms with van der Waals surface area (Å²) in [5, 5.41) is 12.5. The van der Waals surface area contributed by atoms with Crippen molar-refractivity contribution in [3.8, 4) is 0 Å². The number of hydrogen-bond donors (Lipinski definition) is 1. The molecule has 1 aromatic rings. The summed E-state index contributed by atoms with van der Waals surface area (Å²) in [6.45, 7) is 2.98. The van der Waals surface area contributed by atoms with Crippen LogP contribution in [-0.4, -0.2) is 24.0 Å². The predicted octanol–water partition coefficient (Wildman–Crippen LogP) is -2.77. The second kappa shape index (κ2) is 8.43. The normalized spacial score (nSPS) is 9.39. The van der Waals surface area contributed by atoms with Crippen LogP contribution in [0.2, 0.25) is 0 Å². The van der Waals surface area contributed by atoms with Crippen molar-refractivity contribution in [3.63, 3.8) is 0 Å². The van der Waals surface area contributed by atoms with Gasteiger partial charge in [0.2, 0.25) is 0 Å². The first-order valence-electron chi connectivity index (χ1n) is 5.28. The third-order valence-electron chi connectivity index (χ3n) is 2.13. The molecule has 0 aliphatic rings. The van der Waals surface area contributed by atoms with Crippen LogP contribution >= 0.6 is 0 Å². The smallest absolute Gasteiger partial charge is 0.302 e. The standard InChI is InChI=1S/C11H14N2O4.ClH/c1-9(14)17-6-5-12-8-10-3-2-4-11(7-10)13(15)16;/h2-4,7,12H,5-6,8H2,1H3;1H. The van der Waals surface area contributed by atoms with E-state index in [1.165, 1.54) is 13.0 Å². The quantitative estimate of drug-likeness (QED) is 0.263. The molecule has 0 radical (unpaired) electrons. The molecule has 0 fully saturated rings. The fourth-order valence-electron chi connectivity index (χ4n) is 1.35. The zero-order chi connectivity index (χ0) is 12.7. The van der Waals surface area contributed by atoms with Crippen LogP contribution in [0.15, 0.2) is 24.3 Å². The zero-order valence-corrected chi connectivity index (χ0v) is 10.7. The van der Waals surface area contributed by atoms with Gasteiger partial charge >= 0.3 is 5.97 Å². The van der Waals surface area contributed by atoms with Crippen LogP contribution in [0, 0.1) is 10.1 Å². The number of esters is 1. The second-order valence-electron chi connectivity index (χ2n) is 3.55. The summed E-state index contributed by atoms with van der Waals surface area (Å²) in [4.78, 5) is 20.6. The molecule has 0 bridgehead atoms. The van der Waals surface area contributed by atoms with E-state index in [0.29, 0.717) is 19.7 Å². The number of quaternary nitrogens is 1. The third kappa shape index (κ3) is 6.17. The number of nitrogens with two attached hydrogens (primary N) is 1. The van der Waals surface area contributed by atoms with Gasteiger partial charge in [0.1, 0.15) is 19.7 Å². The van der Waals surface area contributed by atoms with Gasteiger partial charge in [-0.2, -0.15) is 0 Å². The van der Waals surface area contributed by atoms with Crippen molar-refractivity contribution in [1.29, 1.82) is 0 Å². The Morgan fingerprint density at radius 3 is 2.83 bits per heavy atom. The van der Waals surface area contributed by atoms with Crippen LogP contribution in [0.3, 0.4) is 0 Å². The lowest BCUT2D eigenvalue weighted by atomic mass is 10.2. The van der Waals surface area contributed by atoms with Gasteiger partial charge in [0.05, 0.1) is 4.92 Å². The van der Waals surface area contributed by atoms with Gasteiger partial charge < -0.3 is 22.5 Å². The first-order valence-corrected chi connectivity index (χ1v) is 5.28. The Bertz CT molecular complexity index is 412. The van der Waals surface area contributed by atoms with E-state index in [1.54, 1.807) is 12.1 Å². The van der Waals surface area contributed by atoms with Crippen LogP contribution in [-0.2, 0) is 16.1 Å². The van der Waals surface area contributed by atoms with E-state index < -0.39 is 4.92 Å². The van der Waals surface area contributed by atoms with Gasteiger partial charge in [-0.05, 0) is 0 Å². The minimum absolute atomic E-state index is 0. The summed E-state index contributed by atoms with van der Waals surface area (Å²) in [7, 11) is 0. The van der Waals surface area contributed by atoms with Gasteiger partial charge in [0, 0.05) is 24.6 Å². The summed E-state index contributed by atoms with van der Waals surface area (Å²) in [5.74, 6) is -0.297. The maximum Gasteiger partial charge on any atom is 0.302 e. The third-order valence-corrected chi connectivity index (χ3v) is 2.13. The van der Waals surface area contributed by atoms with Crippen molar-refractivity contribution in [1.82, 2.24) is 0 Å². The van der Waals surface area contributed by atoms with Crippen LogP contribution in [0.1, 0.15) is 12.5 Å². The number of carbonyl (C=O) groups excluding carboxylic acids is 1. The molecule has 18 heavy (non-hydrogen) atoms. The molecule has 0 atom stereocenters. The molecule has 1 aromatic carbocycles. The fraction of sp³-hybridized carbons (Fsp3) is 0.364. The number of rotatable bonds is 6. The zero-order valence-electron chi connectivity index (χ0n) is 9.97. The Morgan fingerprint density at radius 1 is 1.50 bits per heavy atom. The van der Waals surface area contributed by atoms with Gasteiger partial charge in [-0.15, -0.1) is 0 Å². The highest BCUT2D eigenvalue weighted by Gasteiger charge is 2.06. The number of nitro benzene ring substituents is 1. The van der Waals surface area contributed by atoms with Gasteiger partial charge in [0.15, 0.2) is 0 Å². The van der Waals surface area contributed by atoms with Crippen LogP contribution < -0.4 is 17.7 Å². The monoisotopic (exact) mass is 274 g/mol. The number of benzene rings is 1. The molecule has 0 aliphatic carbocycles. The van der Waals surface area contributed by atoms with Gasteiger partial charge in [0.25, 0.3) is 5.69 Å². The Kier molecular flexibility index (Phi) is 7.66. The van der Waals surface area contributed by atoms with Gasteiger partial charge in [-0.1, -0.05) is 12.1 Å². The summed E-state index contributed by atoms with van der Waals surface area (Å²) in [5.41, 5.74) is 0.970. The SMILES string of the molecule is CC(=O)OCC[NH2+]Cc1cccc([N+](=O)[O-])c1.[Cl-]. The lowest BCUT2D eigenvalue weighted by Crippen LogP contribution is -3.00. The highest BCUT2D eigenvalue weighted by Crippen LogP contribution is 2.11. The molecule has 0 spiro atoms. The Labute approximate surface area is 111 Å². The number of nitro groups is 1. The van der Waals surface area contributed by atoms with Gasteiger partial charge in [-0.3, -0.25) is 14.9 Å². The van der Waals surface area contributed by atoms with Gasteiger partial charge in [-0.25, -0.2) is 0 Å². The Balaban J connectivity index is 0.00000289. The molecule has 7 heteroatoms. The highest BCUT2D eigenvalue weighted by atomic mass is 35.5. The van der Waals surface area contributed by atoms with Crippen LogP contribution in [0.25, 0.3) is 0 Å². The van der Waals surface area contributed by atoms with E-state index in [9.17, 15) is 14.9 Å². The molecular weight excluding hydrogens is 260 g/mol. The number of hydrogen-bond acceptors (Lipinski definition) is 4. The molecular formula is C11H15ClN2O4. The first-order chi connectivity index (χ1) is 8.09. The lowest BCUT2D eigenvalue weighted by Gasteiger charge is -2.02. The second-order valence-corrected chi connectivity index (χ2v) is 3.55. The average molecular weight is 275 g/mol. The van der Waals surface area contributed by atoms with E-state index in [-0.39, 0.29) is 24.1 Å². The predicted molar refractivity (Wildman–Crippen MR) is 60.2 cm³/mol. The van der Waals surface area contributed by atoms with E-state index in [1.807, 2.05) is 11.4 Å². The van der Waals surface area contributed by atoms with Crippen LogP contribution in [0.4, 0.5) is 5.69 Å². The summed E-state index contributed by atoms with van der Waals surface area (Å²) in [6.07, 6.45) is 0. The minimum Gasteiger partial charge on any atom is -1.00 e. The number of ether oxygens (including phenoxy) is 1. The van der Waals surface area contributed by atoms with E-state index >= 15 is 0 Å². The summed E-state index contributed by atoms with van der Waals surface area (Å²) >= 11 is 0. The molecule has 1 rings (SSSR count). The first kappa shape index (κ1) is 16.3. The van der Waals surface area contributed by atoms with E-state index in [0.717, 1.165) is 5.56 Å². The van der Waals surface area contributed by atoms with Crippen molar-refractivity contribution < 1.29 is 32.2 Å². The maximum absolute atomic E-state index is 10.5. The van der Waals surface area contributed by atoms with Crippen molar-refractivity contribution in [2.75, 3.05) is 13.2 Å². The van der Waals surface area contributed by atoms with Crippen molar-refractivity contribution in [2.24, 2.45) is 0 Å². The summed E-state index contributed by atoms with van der Waals surface area (Å²) in [6, 6.07) is 6.49.